The molecule has 0 fully saturated rings. The second-order valence-corrected chi connectivity index (χ2v) is 8.89. The first-order valence-electron chi connectivity index (χ1n) is 8.77. The maximum Gasteiger partial charge on any atom is 0.265 e. The van der Waals surface area contributed by atoms with Gasteiger partial charge in [0, 0.05) is 24.2 Å². The smallest absolute Gasteiger partial charge is 0.265 e. The Bertz CT molecular complexity index is 1050. The molecule has 4 rings (SSSR count). The highest BCUT2D eigenvalue weighted by molar-refractivity contribution is 8.16. The van der Waals surface area contributed by atoms with Crippen molar-refractivity contribution in [2.75, 3.05) is 17.8 Å². The van der Waals surface area contributed by atoms with Crippen LogP contribution >= 0.6 is 11.8 Å². The number of aliphatic imine (C=N–C) groups is 1. The number of benzene rings is 1. The molecule has 27 heavy (non-hydrogen) atoms. The minimum Gasteiger partial charge on any atom is -0.318 e. The van der Waals surface area contributed by atoms with Gasteiger partial charge in [-0.05, 0) is 38.5 Å². The molecule has 0 saturated carbocycles. The van der Waals surface area contributed by atoms with Gasteiger partial charge in [0.25, 0.3) is 10.0 Å². The lowest BCUT2D eigenvalue weighted by Crippen LogP contribution is -2.19. The first-order chi connectivity index (χ1) is 12.9. The van der Waals surface area contributed by atoms with E-state index in [2.05, 4.69) is 25.1 Å². The second kappa shape index (κ2) is 6.72. The van der Waals surface area contributed by atoms with Crippen molar-refractivity contribution in [3.05, 3.63) is 46.6 Å². The van der Waals surface area contributed by atoms with Crippen LogP contribution in [-0.4, -0.2) is 41.4 Å². The third kappa shape index (κ3) is 3.14. The van der Waals surface area contributed by atoms with Gasteiger partial charge in [0.05, 0.1) is 23.6 Å². The molecule has 0 saturated heterocycles. The van der Waals surface area contributed by atoms with Crippen LogP contribution in [0.3, 0.4) is 0 Å². The molecule has 1 aromatic heterocycles. The van der Waals surface area contributed by atoms with E-state index in [1.165, 1.54) is 0 Å². The first kappa shape index (κ1) is 18.1. The van der Waals surface area contributed by atoms with Crippen LogP contribution in [0.1, 0.15) is 23.9 Å². The molecule has 1 N–H and O–H groups in total. The summed E-state index contributed by atoms with van der Waals surface area (Å²) in [6.07, 6.45) is 0. The molecule has 142 valence electrons. The quantitative estimate of drug-likeness (QED) is 0.830. The summed E-state index contributed by atoms with van der Waals surface area (Å²) in [5, 5.41) is 7.43. The van der Waals surface area contributed by atoms with E-state index in [1.54, 1.807) is 42.4 Å². The van der Waals surface area contributed by atoms with Crippen molar-refractivity contribution >= 4 is 38.3 Å². The number of hydrogen-bond acceptors (Lipinski definition) is 6. The Kier molecular flexibility index (Phi) is 4.51. The van der Waals surface area contributed by atoms with E-state index in [0.29, 0.717) is 23.6 Å². The lowest BCUT2D eigenvalue weighted by molar-refractivity contribution is 0.598. The lowest BCUT2D eigenvalue weighted by Gasteiger charge is -2.17. The SMILES string of the molecule is CCn1nc(C)c(S(=O)(=O)Nc2ccc(C3=CSC4=NCCN34)cc2)c1C. The third-order valence-electron chi connectivity index (χ3n) is 4.68. The molecular formula is C18H21N5O2S2. The van der Waals surface area contributed by atoms with Crippen molar-refractivity contribution < 1.29 is 8.42 Å². The fraction of sp³-hybridized carbons (Fsp3) is 0.333. The van der Waals surface area contributed by atoms with Crippen molar-refractivity contribution in [2.24, 2.45) is 4.99 Å². The highest BCUT2D eigenvalue weighted by Gasteiger charge is 2.27. The molecule has 9 heteroatoms. The minimum absolute atomic E-state index is 0.251. The van der Waals surface area contributed by atoms with Gasteiger partial charge >= 0.3 is 0 Å². The van der Waals surface area contributed by atoms with E-state index in [1.807, 2.05) is 19.1 Å². The molecule has 0 spiro atoms. The third-order valence-corrected chi connectivity index (χ3v) is 7.22. The number of hydrogen-bond donors (Lipinski definition) is 1. The van der Waals surface area contributed by atoms with Crippen LogP contribution in [0.2, 0.25) is 0 Å². The van der Waals surface area contributed by atoms with Gasteiger partial charge in [0.15, 0.2) is 5.17 Å². The molecule has 3 heterocycles. The normalized spacial score (nSPS) is 16.3. The molecule has 0 aliphatic carbocycles. The summed E-state index contributed by atoms with van der Waals surface area (Å²) in [6, 6.07) is 7.44. The molecule has 7 nitrogen and oxygen atoms in total. The zero-order valence-corrected chi connectivity index (χ0v) is 17.1. The van der Waals surface area contributed by atoms with E-state index < -0.39 is 10.0 Å². The fourth-order valence-electron chi connectivity index (χ4n) is 3.44. The number of aryl methyl sites for hydroxylation is 2. The average molecular weight is 404 g/mol. The number of nitrogens with one attached hydrogen (secondary N) is 1. The van der Waals surface area contributed by atoms with Crippen LogP contribution in [0.4, 0.5) is 5.69 Å². The largest absolute Gasteiger partial charge is 0.318 e. The van der Waals surface area contributed by atoms with Gasteiger partial charge in [-0.2, -0.15) is 5.10 Å². The number of sulfonamides is 1. The highest BCUT2D eigenvalue weighted by Crippen LogP contribution is 2.35. The Labute approximate surface area is 163 Å². The number of amidine groups is 1. The number of anilines is 1. The van der Waals surface area contributed by atoms with Gasteiger partial charge in [-0.3, -0.25) is 14.4 Å². The van der Waals surface area contributed by atoms with Crippen LogP contribution in [0.5, 0.6) is 0 Å². The molecule has 2 aliphatic rings. The number of nitrogens with zero attached hydrogens (tertiary/aromatic N) is 4. The maximum absolute atomic E-state index is 12.9. The topological polar surface area (TPSA) is 79.6 Å². The maximum atomic E-state index is 12.9. The van der Waals surface area contributed by atoms with Crippen LogP contribution in [-0.2, 0) is 16.6 Å². The fourth-order valence-corrected chi connectivity index (χ4v) is 5.88. The highest BCUT2D eigenvalue weighted by atomic mass is 32.2. The molecule has 0 amide bonds. The molecule has 0 bridgehead atoms. The van der Waals surface area contributed by atoms with E-state index in [-0.39, 0.29) is 4.90 Å². The van der Waals surface area contributed by atoms with Crippen LogP contribution in [0.25, 0.3) is 5.70 Å². The second-order valence-electron chi connectivity index (χ2n) is 6.44. The number of rotatable bonds is 5. The van der Waals surface area contributed by atoms with Gasteiger partial charge in [-0.25, -0.2) is 8.42 Å². The molecule has 0 radical (unpaired) electrons. The van der Waals surface area contributed by atoms with Gasteiger partial charge in [-0.1, -0.05) is 23.9 Å². The van der Waals surface area contributed by atoms with Gasteiger partial charge < -0.3 is 4.90 Å². The Morgan fingerprint density at radius 3 is 2.63 bits per heavy atom. The standard InChI is InChI=1S/C18H21N5O2S2/c1-4-23-13(3)17(12(2)20-23)27(24,25)21-15-7-5-14(6-8-15)16-11-26-18-19-9-10-22(16)18/h5-8,11,21H,4,9-10H2,1-3H3. The summed E-state index contributed by atoms with van der Waals surface area (Å²) in [6.45, 7) is 7.78. The number of aromatic nitrogens is 2. The minimum atomic E-state index is -3.69. The lowest BCUT2D eigenvalue weighted by atomic mass is 10.1. The summed E-state index contributed by atoms with van der Waals surface area (Å²) < 4.78 is 30.1. The van der Waals surface area contributed by atoms with Crippen molar-refractivity contribution in [3.63, 3.8) is 0 Å². The predicted octanol–water partition coefficient (Wildman–Crippen LogP) is 3.04. The van der Waals surface area contributed by atoms with Gasteiger partial charge in [0.1, 0.15) is 4.90 Å². The molecule has 1 aromatic carbocycles. The summed E-state index contributed by atoms with van der Waals surface area (Å²) in [5.74, 6) is 0. The Morgan fingerprint density at radius 1 is 1.22 bits per heavy atom. The number of fused-ring (bicyclic) bond motifs is 1. The molecule has 0 atom stereocenters. The van der Waals surface area contributed by atoms with Crippen molar-refractivity contribution in [2.45, 2.75) is 32.2 Å². The monoisotopic (exact) mass is 403 g/mol. The number of thioether (sulfide) groups is 1. The van der Waals surface area contributed by atoms with Crippen LogP contribution in [0, 0.1) is 13.8 Å². The first-order valence-corrected chi connectivity index (χ1v) is 11.1. The van der Waals surface area contributed by atoms with E-state index in [9.17, 15) is 8.42 Å². The summed E-state index contributed by atoms with van der Waals surface area (Å²) in [4.78, 5) is 6.89. The zero-order chi connectivity index (χ0) is 19.2. The van der Waals surface area contributed by atoms with Gasteiger partial charge in [-0.15, -0.1) is 0 Å². The van der Waals surface area contributed by atoms with Crippen molar-refractivity contribution in [1.82, 2.24) is 14.7 Å². The summed E-state index contributed by atoms with van der Waals surface area (Å²) in [7, 11) is -3.69. The molecule has 2 aromatic rings. The summed E-state index contributed by atoms with van der Waals surface area (Å²) >= 11 is 1.63. The van der Waals surface area contributed by atoms with Crippen molar-refractivity contribution in [3.8, 4) is 0 Å². The zero-order valence-electron chi connectivity index (χ0n) is 15.4. The summed E-state index contributed by atoms with van der Waals surface area (Å²) in [5.41, 5.74) is 3.84. The average Bonchev–Trinajstić information content (AvgIpc) is 3.30. The Morgan fingerprint density at radius 2 is 1.96 bits per heavy atom. The van der Waals surface area contributed by atoms with Crippen LogP contribution in [0.15, 0.2) is 39.6 Å². The van der Waals surface area contributed by atoms with Gasteiger partial charge in [0.2, 0.25) is 0 Å². The predicted molar refractivity (Wildman–Crippen MR) is 109 cm³/mol. The van der Waals surface area contributed by atoms with Crippen LogP contribution < -0.4 is 4.72 Å². The molecule has 0 unspecified atom stereocenters. The Balaban J connectivity index is 1.57. The Hall–Kier alpha value is -2.26. The molecule has 2 aliphatic heterocycles. The molecular weight excluding hydrogens is 382 g/mol. The van der Waals surface area contributed by atoms with E-state index >= 15 is 0 Å². The van der Waals surface area contributed by atoms with E-state index in [0.717, 1.165) is 29.5 Å². The van der Waals surface area contributed by atoms with E-state index in [4.69, 9.17) is 0 Å². The van der Waals surface area contributed by atoms with Crippen molar-refractivity contribution in [1.29, 1.82) is 0 Å².